The van der Waals surface area contributed by atoms with E-state index in [1.165, 1.54) is 51.4 Å². The third-order valence-electron chi connectivity index (χ3n) is 7.11. The Kier molecular flexibility index (Phi) is 12.0. The molecule has 7 heteroatoms. The van der Waals surface area contributed by atoms with Gasteiger partial charge in [0.1, 0.15) is 17.3 Å². The molecule has 0 amide bonds. The molecule has 0 N–H and O–H groups in total. The average molecular weight is 564 g/mol. The molecule has 0 aliphatic heterocycles. The van der Waals surface area contributed by atoms with Crippen molar-refractivity contribution in [2.24, 2.45) is 0 Å². The molecule has 0 fully saturated rings. The van der Waals surface area contributed by atoms with E-state index >= 15 is 0 Å². The Hall–Kier alpha value is -3.25. The molecule has 40 heavy (non-hydrogen) atoms. The summed E-state index contributed by atoms with van der Waals surface area (Å²) in [5.74, 6) is 3.27. The van der Waals surface area contributed by atoms with Crippen molar-refractivity contribution in [2.75, 3.05) is 13.7 Å². The van der Waals surface area contributed by atoms with E-state index in [2.05, 4.69) is 11.9 Å². The molecule has 0 atom stereocenters. The number of nitrogens with zero attached hydrogens (tertiary/aromatic N) is 3. The van der Waals surface area contributed by atoms with Crippen molar-refractivity contribution in [3.8, 4) is 28.8 Å². The number of ether oxygens (including phenoxy) is 2. The van der Waals surface area contributed by atoms with Crippen molar-refractivity contribution in [3.05, 3.63) is 77.5 Å². The lowest BCUT2D eigenvalue weighted by atomic mass is 10.1. The van der Waals surface area contributed by atoms with E-state index in [9.17, 15) is 0 Å². The van der Waals surface area contributed by atoms with Crippen LogP contribution in [0.1, 0.15) is 82.7 Å². The highest BCUT2D eigenvalue weighted by Gasteiger charge is 2.18. The van der Waals surface area contributed by atoms with Crippen LogP contribution < -0.4 is 9.47 Å². The second kappa shape index (κ2) is 16.1. The molecule has 2 aromatic carbocycles. The topological polar surface area (TPSA) is 62.3 Å². The first kappa shape index (κ1) is 29.7. The highest BCUT2D eigenvalue weighted by molar-refractivity contribution is 6.30. The van der Waals surface area contributed by atoms with Crippen molar-refractivity contribution in [3.63, 3.8) is 0 Å². The van der Waals surface area contributed by atoms with Crippen LogP contribution in [0.3, 0.4) is 0 Å². The number of methoxy groups -OCH3 is 1. The molecule has 4 rings (SSSR count). The Morgan fingerprint density at radius 2 is 1.52 bits per heavy atom. The van der Waals surface area contributed by atoms with Crippen LogP contribution >= 0.6 is 11.6 Å². The standard InChI is InChI=1S/C33H42ClN3O3/c1-3-4-5-6-7-8-9-10-11-18-31-35-23-24-37(31)33-36-32(26-19-21-27(34)22-20-26)30(40-33)17-14-25-39-29-16-13-12-15-28(29)38-2/h12-13,15-16,19-24H,3-11,14,17-18,25H2,1-2H3. The van der Waals surface area contributed by atoms with E-state index in [0.717, 1.165) is 53.6 Å². The third kappa shape index (κ3) is 8.62. The molecule has 0 spiro atoms. The first-order chi connectivity index (χ1) is 19.7. The fraction of sp³-hybridized carbons (Fsp3) is 0.455. The molecule has 0 saturated heterocycles. The van der Waals surface area contributed by atoms with Gasteiger partial charge in [0.05, 0.1) is 13.7 Å². The maximum atomic E-state index is 6.37. The average Bonchev–Trinajstić information content (AvgIpc) is 3.62. The summed E-state index contributed by atoms with van der Waals surface area (Å²) >= 11 is 6.16. The minimum absolute atomic E-state index is 0.533. The minimum atomic E-state index is 0.533. The van der Waals surface area contributed by atoms with E-state index < -0.39 is 0 Å². The molecule has 6 nitrogen and oxygen atoms in total. The number of aromatic nitrogens is 3. The highest BCUT2D eigenvalue weighted by Crippen LogP contribution is 2.30. The van der Waals surface area contributed by atoms with Gasteiger partial charge in [0.15, 0.2) is 11.5 Å². The fourth-order valence-corrected chi connectivity index (χ4v) is 5.01. The Labute approximate surface area is 243 Å². The van der Waals surface area contributed by atoms with Crippen molar-refractivity contribution in [1.29, 1.82) is 0 Å². The van der Waals surface area contributed by atoms with Gasteiger partial charge in [0, 0.05) is 35.8 Å². The zero-order chi connectivity index (χ0) is 28.0. The van der Waals surface area contributed by atoms with Crippen LogP contribution in [0.4, 0.5) is 0 Å². The van der Waals surface area contributed by atoms with Gasteiger partial charge in [0.25, 0.3) is 0 Å². The second-order valence-corrected chi connectivity index (χ2v) is 10.6. The quantitative estimate of drug-likeness (QED) is 0.113. The number of oxazole rings is 1. The Balaban J connectivity index is 1.38. The molecule has 0 unspecified atom stereocenters. The van der Waals surface area contributed by atoms with Crippen LogP contribution in [0, 0.1) is 0 Å². The van der Waals surface area contributed by atoms with Crippen LogP contribution in [0.25, 0.3) is 17.3 Å². The van der Waals surface area contributed by atoms with Crippen LogP contribution in [0.5, 0.6) is 11.5 Å². The van der Waals surface area contributed by atoms with Gasteiger partial charge in [-0.2, -0.15) is 4.98 Å². The molecule has 214 valence electrons. The molecule has 2 heterocycles. The van der Waals surface area contributed by atoms with Gasteiger partial charge in [-0.15, -0.1) is 0 Å². The van der Waals surface area contributed by atoms with Gasteiger partial charge in [-0.3, -0.25) is 4.57 Å². The van der Waals surface area contributed by atoms with Crippen molar-refractivity contribution >= 4 is 11.6 Å². The van der Waals surface area contributed by atoms with Crippen molar-refractivity contribution in [1.82, 2.24) is 14.5 Å². The fourth-order valence-electron chi connectivity index (χ4n) is 4.89. The first-order valence-electron chi connectivity index (χ1n) is 14.7. The number of aryl methyl sites for hydroxylation is 2. The Bertz CT molecular complexity index is 1280. The number of unbranched alkanes of at least 4 members (excludes halogenated alkanes) is 8. The predicted octanol–water partition coefficient (Wildman–Crippen LogP) is 9.27. The summed E-state index contributed by atoms with van der Waals surface area (Å²) < 4.78 is 19.7. The summed E-state index contributed by atoms with van der Waals surface area (Å²) in [6.45, 7) is 2.80. The van der Waals surface area contributed by atoms with E-state index in [1.807, 2.05) is 65.5 Å². The highest BCUT2D eigenvalue weighted by atomic mass is 35.5. The van der Waals surface area contributed by atoms with E-state index in [4.69, 9.17) is 30.5 Å². The summed E-state index contributed by atoms with van der Waals surface area (Å²) in [5.41, 5.74) is 1.80. The van der Waals surface area contributed by atoms with Gasteiger partial charge < -0.3 is 13.9 Å². The lowest BCUT2D eigenvalue weighted by molar-refractivity contribution is 0.286. The summed E-state index contributed by atoms with van der Waals surface area (Å²) in [5, 5.41) is 0.692. The minimum Gasteiger partial charge on any atom is -0.493 e. The van der Waals surface area contributed by atoms with Gasteiger partial charge >= 0.3 is 6.01 Å². The van der Waals surface area contributed by atoms with Gasteiger partial charge in [-0.1, -0.05) is 94.2 Å². The smallest absolute Gasteiger partial charge is 0.307 e. The van der Waals surface area contributed by atoms with Gasteiger partial charge in [-0.05, 0) is 37.1 Å². The third-order valence-corrected chi connectivity index (χ3v) is 7.36. The van der Waals surface area contributed by atoms with Crippen LogP contribution in [-0.2, 0) is 12.8 Å². The zero-order valence-corrected chi connectivity index (χ0v) is 24.7. The molecule has 0 aliphatic rings. The monoisotopic (exact) mass is 563 g/mol. The summed E-state index contributed by atoms with van der Waals surface area (Å²) in [6, 6.07) is 16.0. The number of para-hydroxylation sites is 2. The number of hydrogen-bond acceptors (Lipinski definition) is 5. The lowest BCUT2D eigenvalue weighted by Gasteiger charge is -2.10. The normalized spacial score (nSPS) is 11.2. The van der Waals surface area contributed by atoms with Crippen molar-refractivity contribution < 1.29 is 13.9 Å². The molecular formula is C33H42ClN3O3. The molecular weight excluding hydrogens is 522 g/mol. The van der Waals surface area contributed by atoms with Crippen molar-refractivity contribution in [2.45, 2.75) is 84.0 Å². The number of rotatable bonds is 18. The van der Waals surface area contributed by atoms with Gasteiger partial charge in [0.2, 0.25) is 0 Å². The SMILES string of the molecule is CCCCCCCCCCCc1nccn1-c1nc(-c2ccc(Cl)cc2)c(CCCOc2ccccc2OC)o1. The number of hydrogen-bond donors (Lipinski definition) is 0. The Morgan fingerprint density at radius 3 is 2.25 bits per heavy atom. The molecule has 2 aromatic heterocycles. The predicted molar refractivity (Wildman–Crippen MR) is 162 cm³/mol. The van der Waals surface area contributed by atoms with Crippen LogP contribution in [-0.4, -0.2) is 28.3 Å². The largest absolute Gasteiger partial charge is 0.493 e. The molecule has 0 saturated carbocycles. The molecule has 0 aliphatic carbocycles. The van der Waals surface area contributed by atoms with E-state index in [1.54, 1.807) is 7.11 Å². The van der Waals surface area contributed by atoms with E-state index in [0.29, 0.717) is 24.1 Å². The molecule has 4 aromatic rings. The van der Waals surface area contributed by atoms with E-state index in [-0.39, 0.29) is 0 Å². The number of halogens is 1. The molecule has 0 bridgehead atoms. The molecule has 0 radical (unpaired) electrons. The summed E-state index contributed by atoms with van der Waals surface area (Å²) in [6.07, 6.45) is 17.8. The van der Waals surface area contributed by atoms with Gasteiger partial charge in [-0.25, -0.2) is 4.98 Å². The number of imidazole rings is 1. The van der Waals surface area contributed by atoms with Crippen LogP contribution in [0.2, 0.25) is 5.02 Å². The maximum Gasteiger partial charge on any atom is 0.307 e. The lowest BCUT2D eigenvalue weighted by Crippen LogP contribution is -2.01. The second-order valence-electron chi connectivity index (χ2n) is 10.2. The zero-order valence-electron chi connectivity index (χ0n) is 23.9. The van der Waals surface area contributed by atoms with Crippen LogP contribution in [0.15, 0.2) is 65.3 Å². The summed E-state index contributed by atoms with van der Waals surface area (Å²) in [7, 11) is 1.65. The maximum absolute atomic E-state index is 6.37. The summed E-state index contributed by atoms with van der Waals surface area (Å²) in [4.78, 5) is 9.55. The first-order valence-corrected chi connectivity index (χ1v) is 15.1. The number of benzene rings is 2. The Morgan fingerprint density at radius 1 is 0.825 bits per heavy atom.